The Morgan fingerprint density at radius 2 is 1.47 bits per heavy atom. The van der Waals surface area contributed by atoms with Gasteiger partial charge in [0.05, 0.1) is 6.54 Å². The Hall–Kier alpha value is -3.64. The van der Waals surface area contributed by atoms with Gasteiger partial charge >= 0.3 is 0 Å². The van der Waals surface area contributed by atoms with Crippen LogP contribution in [0.25, 0.3) is 0 Å². The largest absolute Gasteiger partial charge is 0.484 e. The molecular formula is C25H23ClN2O4. The Balaban J connectivity index is 1.45. The van der Waals surface area contributed by atoms with Gasteiger partial charge in [0.2, 0.25) is 5.91 Å². The predicted molar refractivity (Wildman–Crippen MR) is 124 cm³/mol. The highest BCUT2D eigenvalue weighted by Gasteiger charge is 2.11. The first-order valence-corrected chi connectivity index (χ1v) is 10.4. The van der Waals surface area contributed by atoms with Gasteiger partial charge in [0.1, 0.15) is 5.75 Å². The minimum absolute atomic E-state index is 0.138. The molecule has 0 unspecified atom stereocenters. The summed E-state index contributed by atoms with van der Waals surface area (Å²) in [5.41, 5.74) is 3.79. The topological polar surface area (TPSA) is 84.5 Å². The smallest absolute Gasteiger partial charge is 0.258 e. The highest BCUT2D eigenvalue weighted by atomic mass is 35.5. The second-order valence-corrected chi connectivity index (χ2v) is 7.66. The van der Waals surface area contributed by atoms with Gasteiger partial charge in [0, 0.05) is 21.8 Å². The third kappa shape index (κ3) is 6.18. The molecule has 6 nitrogen and oxygen atoms in total. The number of hydrogen-bond acceptors (Lipinski definition) is 4. The summed E-state index contributed by atoms with van der Waals surface area (Å²) >= 11 is 5.85. The molecule has 3 aromatic rings. The number of rotatable bonds is 8. The monoisotopic (exact) mass is 450 g/mol. The minimum Gasteiger partial charge on any atom is -0.484 e. The molecule has 0 fully saturated rings. The van der Waals surface area contributed by atoms with E-state index in [-0.39, 0.29) is 24.8 Å². The number of hydrogen-bond donors (Lipinski definition) is 2. The lowest BCUT2D eigenvalue weighted by Gasteiger charge is -2.11. The molecule has 3 rings (SSSR count). The maximum Gasteiger partial charge on any atom is 0.258 e. The molecule has 0 saturated carbocycles. The molecule has 7 heteroatoms. The standard InChI is InChI=1S/C25H23ClN2O4/c1-16-4-3-5-22(17(16)2)28-23(29)14-27-24(30)15-32-21-12-8-19(9-13-21)25(31)18-6-10-20(26)11-7-18/h3-13H,14-15H2,1-2H3,(H,27,30)(H,28,29). The van der Waals surface area contributed by atoms with Crippen LogP contribution in [0.1, 0.15) is 27.0 Å². The quantitative estimate of drug-likeness (QED) is 0.500. The SMILES string of the molecule is Cc1cccc(NC(=O)CNC(=O)COc2ccc(C(=O)c3ccc(Cl)cc3)cc2)c1C. The third-order valence-corrected chi connectivity index (χ3v) is 5.17. The van der Waals surface area contributed by atoms with E-state index in [2.05, 4.69) is 10.6 Å². The molecule has 0 heterocycles. The van der Waals surface area contributed by atoms with Gasteiger partial charge < -0.3 is 15.4 Å². The van der Waals surface area contributed by atoms with E-state index in [1.807, 2.05) is 32.0 Å². The fraction of sp³-hybridized carbons (Fsp3) is 0.160. The van der Waals surface area contributed by atoms with E-state index in [0.717, 1.165) is 11.1 Å². The summed E-state index contributed by atoms with van der Waals surface area (Å²) in [6.45, 7) is 3.47. The molecule has 2 N–H and O–H groups in total. The first kappa shape index (κ1) is 23.0. The number of aryl methyl sites for hydroxylation is 1. The highest BCUT2D eigenvalue weighted by molar-refractivity contribution is 6.30. The van der Waals surface area contributed by atoms with Crippen molar-refractivity contribution in [2.24, 2.45) is 0 Å². The van der Waals surface area contributed by atoms with E-state index in [1.54, 1.807) is 48.5 Å². The van der Waals surface area contributed by atoms with Crippen LogP contribution in [0.5, 0.6) is 5.75 Å². The highest BCUT2D eigenvalue weighted by Crippen LogP contribution is 2.18. The number of carbonyl (C=O) groups is 3. The van der Waals surface area contributed by atoms with Gasteiger partial charge in [-0.25, -0.2) is 0 Å². The van der Waals surface area contributed by atoms with E-state index in [9.17, 15) is 14.4 Å². The lowest BCUT2D eigenvalue weighted by atomic mass is 10.0. The lowest BCUT2D eigenvalue weighted by molar-refractivity contribution is -0.125. The Morgan fingerprint density at radius 3 is 2.12 bits per heavy atom. The Labute approximate surface area is 191 Å². The van der Waals surface area contributed by atoms with E-state index in [0.29, 0.717) is 27.6 Å². The van der Waals surface area contributed by atoms with Crippen molar-refractivity contribution >= 4 is 34.9 Å². The molecule has 0 atom stereocenters. The van der Waals surface area contributed by atoms with E-state index < -0.39 is 5.91 Å². The normalized spacial score (nSPS) is 10.3. The van der Waals surface area contributed by atoms with Gasteiger partial charge in [0.15, 0.2) is 12.4 Å². The molecule has 0 saturated heterocycles. The number of benzene rings is 3. The summed E-state index contributed by atoms with van der Waals surface area (Å²) in [4.78, 5) is 36.6. The molecule has 32 heavy (non-hydrogen) atoms. The molecule has 0 aromatic heterocycles. The summed E-state index contributed by atoms with van der Waals surface area (Å²) in [5, 5.41) is 5.86. The molecule has 3 aromatic carbocycles. The Morgan fingerprint density at radius 1 is 0.844 bits per heavy atom. The molecule has 164 valence electrons. The molecule has 0 aliphatic rings. The van der Waals surface area contributed by atoms with Crippen LogP contribution in [-0.2, 0) is 9.59 Å². The number of nitrogens with one attached hydrogen (secondary N) is 2. The van der Waals surface area contributed by atoms with E-state index in [4.69, 9.17) is 16.3 Å². The number of amides is 2. The molecule has 0 spiro atoms. The maximum atomic E-state index is 12.5. The maximum absolute atomic E-state index is 12.5. The predicted octanol–water partition coefficient (Wildman–Crippen LogP) is 4.32. The van der Waals surface area contributed by atoms with E-state index >= 15 is 0 Å². The molecule has 0 aliphatic heterocycles. The minimum atomic E-state index is -0.428. The molecule has 0 aliphatic carbocycles. The summed E-state index contributed by atoms with van der Waals surface area (Å²) in [5.74, 6) is -0.451. The number of anilines is 1. The van der Waals surface area contributed by atoms with Crippen LogP contribution in [-0.4, -0.2) is 30.7 Å². The van der Waals surface area contributed by atoms with Crippen molar-refractivity contribution in [3.8, 4) is 5.75 Å². The fourth-order valence-electron chi connectivity index (χ4n) is 2.93. The number of ether oxygens (including phenoxy) is 1. The summed E-state index contributed by atoms with van der Waals surface area (Å²) in [7, 11) is 0. The third-order valence-electron chi connectivity index (χ3n) is 4.92. The van der Waals surface area contributed by atoms with Crippen LogP contribution >= 0.6 is 11.6 Å². The van der Waals surface area contributed by atoms with Crippen LogP contribution in [0.2, 0.25) is 5.02 Å². The second kappa shape index (κ2) is 10.6. The Bertz CT molecular complexity index is 1130. The second-order valence-electron chi connectivity index (χ2n) is 7.22. The van der Waals surface area contributed by atoms with Crippen molar-refractivity contribution in [2.75, 3.05) is 18.5 Å². The van der Waals surface area contributed by atoms with Gasteiger partial charge in [-0.05, 0) is 79.6 Å². The summed E-state index contributed by atoms with van der Waals surface area (Å²) in [6.07, 6.45) is 0. The van der Waals surface area contributed by atoms with Crippen molar-refractivity contribution in [1.82, 2.24) is 5.32 Å². The lowest BCUT2D eigenvalue weighted by Crippen LogP contribution is -2.35. The first-order chi connectivity index (χ1) is 15.3. The zero-order valence-electron chi connectivity index (χ0n) is 17.8. The number of ketones is 1. The average molecular weight is 451 g/mol. The summed E-state index contributed by atoms with van der Waals surface area (Å²) < 4.78 is 5.44. The van der Waals surface area contributed by atoms with Gasteiger partial charge in [-0.15, -0.1) is 0 Å². The average Bonchev–Trinajstić information content (AvgIpc) is 2.80. The van der Waals surface area contributed by atoms with Gasteiger partial charge in [-0.2, -0.15) is 0 Å². The van der Waals surface area contributed by atoms with Gasteiger partial charge in [0.25, 0.3) is 5.91 Å². The van der Waals surface area contributed by atoms with E-state index in [1.165, 1.54) is 0 Å². The molecule has 0 radical (unpaired) electrons. The molecular weight excluding hydrogens is 428 g/mol. The Kier molecular flexibility index (Phi) is 7.63. The van der Waals surface area contributed by atoms with Crippen molar-refractivity contribution in [1.29, 1.82) is 0 Å². The number of carbonyl (C=O) groups excluding carboxylic acids is 3. The van der Waals surface area contributed by atoms with Crippen molar-refractivity contribution in [3.63, 3.8) is 0 Å². The number of halogens is 1. The fourth-order valence-corrected chi connectivity index (χ4v) is 3.06. The van der Waals surface area contributed by atoms with Gasteiger partial charge in [-0.1, -0.05) is 23.7 Å². The van der Waals surface area contributed by atoms with Gasteiger partial charge in [-0.3, -0.25) is 14.4 Å². The van der Waals surface area contributed by atoms with Crippen LogP contribution in [0, 0.1) is 13.8 Å². The van der Waals surface area contributed by atoms with Crippen LogP contribution in [0.4, 0.5) is 5.69 Å². The van der Waals surface area contributed by atoms with Crippen molar-refractivity contribution < 1.29 is 19.1 Å². The first-order valence-electron chi connectivity index (χ1n) is 9.99. The van der Waals surface area contributed by atoms with Crippen LogP contribution in [0.3, 0.4) is 0 Å². The van der Waals surface area contributed by atoms with Crippen LogP contribution < -0.4 is 15.4 Å². The molecule has 2 amide bonds. The summed E-state index contributed by atoms with van der Waals surface area (Å²) in [6, 6.07) is 18.8. The zero-order chi connectivity index (χ0) is 23.1. The van der Waals surface area contributed by atoms with Crippen molar-refractivity contribution in [3.05, 3.63) is 94.0 Å². The van der Waals surface area contributed by atoms with Crippen LogP contribution in [0.15, 0.2) is 66.7 Å². The van der Waals surface area contributed by atoms with Crippen molar-refractivity contribution in [2.45, 2.75) is 13.8 Å². The zero-order valence-corrected chi connectivity index (χ0v) is 18.5. The molecule has 0 bridgehead atoms.